The maximum atomic E-state index is 5.30. The van der Waals surface area contributed by atoms with Crippen molar-refractivity contribution in [2.24, 2.45) is 5.84 Å². The van der Waals surface area contributed by atoms with Gasteiger partial charge in [0.25, 0.3) is 0 Å². The maximum absolute atomic E-state index is 5.30. The monoisotopic (exact) mass is 258 g/mol. The van der Waals surface area contributed by atoms with Crippen molar-refractivity contribution in [1.29, 1.82) is 0 Å². The minimum absolute atomic E-state index is 0.350. The van der Waals surface area contributed by atoms with Crippen LogP contribution >= 0.6 is 12.2 Å². The molecule has 0 radical (unpaired) electrons. The molecule has 0 spiro atoms. The first-order valence-electron chi connectivity index (χ1n) is 5.48. The Hall–Kier alpha value is -2.11. The predicted octanol–water partition coefficient (Wildman–Crippen LogP) is 2.08. The molecule has 4 N–H and O–H groups in total. The van der Waals surface area contributed by atoms with Gasteiger partial charge in [-0.2, -0.15) is 0 Å². The van der Waals surface area contributed by atoms with E-state index in [-0.39, 0.29) is 0 Å². The summed E-state index contributed by atoms with van der Waals surface area (Å²) in [7, 11) is 0. The van der Waals surface area contributed by atoms with Crippen molar-refractivity contribution in [1.82, 2.24) is 10.9 Å². The average molecular weight is 258 g/mol. The van der Waals surface area contributed by atoms with E-state index in [1.165, 1.54) is 0 Å². The molecule has 2 aromatic carbocycles. The van der Waals surface area contributed by atoms with Crippen LogP contribution in [0.15, 0.2) is 60.7 Å². The molecule has 0 aliphatic carbocycles. The van der Waals surface area contributed by atoms with Crippen molar-refractivity contribution in [3.63, 3.8) is 0 Å². The molecule has 2 rings (SSSR count). The van der Waals surface area contributed by atoms with Crippen molar-refractivity contribution < 1.29 is 0 Å². The molecule has 2 aromatic rings. The normalized spacial score (nSPS) is 9.61. The summed E-state index contributed by atoms with van der Waals surface area (Å²) in [5.74, 6) is 5.30. The molecule has 0 aromatic heterocycles. The molecule has 0 fully saturated rings. The summed E-state index contributed by atoms with van der Waals surface area (Å²) in [6, 6.07) is 19.7. The molecule has 18 heavy (non-hydrogen) atoms. The molecule has 4 nitrogen and oxygen atoms in total. The number of nitrogens with one attached hydrogen (secondary N) is 2. The van der Waals surface area contributed by atoms with Gasteiger partial charge in [-0.1, -0.05) is 36.4 Å². The van der Waals surface area contributed by atoms with Gasteiger partial charge in [-0.05, 0) is 36.5 Å². The van der Waals surface area contributed by atoms with Gasteiger partial charge in [0, 0.05) is 0 Å². The van der Waals surface area contributed by atoms with Crippen LogP contribution in [0.3, 0.4) is 0 Å². The zero-order valence-corrected chi connectivity index (χ0v) is 10.5. The standard InChI is InChI=1S/C13H14N4S/c14-15-13(18)16-17(11-7-3-1-4-8-11)12-9-5-2-6-10-12/h1-10H,14H2,(H2,15,16,18). The lowest BCUT2D eigenvalue weighted by Crippen LogP contribution is -2.47. The van der Waals surface area contributed by atoms with E-state index >= 15 is 0 Å². The van der Waals surface area contributed by atoms with E-state index in [1.54, 1.807) is 0 Å². The number of nitrogens with zero attached hydrogens (tertiary/aromatic N) is 1. The molecule has 92 valence electrons. The molecule has 5 heteroatoms. The topological polar surface area (TPSA) is 53.3 Å². The van der Waals surface area contributed by atoms with Gasteiger partial charge in [-0.3, -0.25) is 15.9 Å². The Morgan fingerprint density at radius 3 is 1.72 bits per heavy atom. The molecule has 0 amide bonds. The Labute approximate surface area is 111 Å². The van der Waals surface area contributed by atoms with Gasteiger partial charge in [0.1, 0.15) is 0 Å². The zero-order valence-electron chi connectivity index (χ0n) is 9.71. The maximum Gasteiger partial charge on any atom is 0.200 e. The van der Waals surface area contributed by atoms with Gasteiger partial charge in [0.15, 0.2) is 5.11 Å². The summed E-state index contributed by atoms with van der Waals surface area (Å²) >= 11 is 5.04. The van der Waals surface area contributed by atoms with Gasteiger partial charge >= 0.3 is 0 Å². The number of rotatable bonds is 3. The first kappa shape index (κ1) is 12.3. The summed E-state index contributed by atoms with van der Waals surface area (Å²) in [6.07, 6.45) is 0. The molecule has 0 aliphatic rings. The summed E-state index contributed by atoms with van der Waals surface area (Å²) < 4.78 is 0. The van der Waals surface area contributed by atoms with Crippen LogP contribution in [0.4, 0.5) is 11.4 Å². The molecule has 0 atom stereocenters. The van der Waals surface area contributed by atoms with Crippen LogP contribution in [0.1, 0.15) is 0 Å². The van der Waals surface area contributed by atoms with Crippen LogP contribution in [-0.4, -0.2) is 5.11 Å². The summed E-state index contributed by atoms with van der Waals surface area (Å²) in [4.78, 5) is 0. The van der Waals surface area contributed by atoms with Gasteiger partial charge in [0.2, 0.25) is 0 Å². The van der Waals surface area contributed by atoms with Crippen molar-refractivity contribution in [3.8, 4) is 0 Å². The van der Waals surface area contributed by atoms with Crippen molar-refractivity contribution in [2.45, 2.75) is 0 Å². The van der Waals surface area contributed by atoms with Crippen LogP contribution in [0, 0.1) is 0 Å². The van der Waals surface area contributed by atoms with E-state index in [0.717, 1.165) is 11.4 Å². The molecule has 0 bridgehead atoms. The SMILES string of the molecule is NNC(=S)NN(c1ccccc1)c1ccccc1. The van der Waals surface area contributed by atoms with Crippen LogP contribution < -0.4 is 21.7 Å². The molecular weight excluding hydrogens is 244 g/mol. The lowest BCUT2D eigenvalue weighted by Gasteiger charge is -2.26. The fraction of sp³-hybridized carbons (Fsp3) is 0. The number of hydrazine groups is 2. The van der Waals surface area contributed by atoms with E-state index in [0.29, 0.717) is 5.11 Å². The third-order valence-corrected chi connectivity index (χ3v) is 2.58. The van der Waals surface area contributed by atoms with Crippen LogP contribution in [0.5, 0.6) is 0 Å². The Morgan fingerprint density at radius 1 is 0.889 bits per heavy atom. The second-order valence-electron chi connectivity index (χ2n) is 3.59. The Balaban J connectivity index is 2.32. The van der Waals surface area contributed by atoms with Crippen LogP contribution in [0.2, 0.25) is 0 Å². The number of nitrogens with two attached hydrogens (primary N) is 1. The molecular formula is C13H14N4S. The van der Waals surface area contributed by atoms with E-state index in [1.807, 2.05) is 65.7 Å². The minimum atomic E-state index is 0.350. The minimum Gasteiger partial charge on any atom is -0.300 e. The largest absolute Gasteiger partial charge is 0.300 e. The smallest absolute Gasteiger partial charge is 0.200 e. The highest BCUT2D eigenvalue weighted by Crippen LogP contribution is 2.22. The Kier molecular flexibility index (Phi) is 4.11. The van der Waals surface area contributed by atoms with Gasteiger partial charge in [-0.15, -0.1) is 0 Å². The Morgan fingerprint density at radius 2 is 1.33 bits per heavy atom. The fourth-order valence-corrected chi connectivity index (χ4v) is 1.66. The van der Waals surface area contributed by atoms with Crippen molar-refractivity contribution >= 4 is 28.7 Å². The fourth-order valence-electron chi connectivity index (χ4n) is 1.57. The summed E-state index contributed by atoms with van der Waals surface area (Å²) in [6.45, 7) is 0. The third kappa shape index (κ3) is 2.97. The number of thiocarbonyl (C=S) groups is 1. The lowest BCUT2D eigenvalue weighted by atomic mass is 10.2. The van der Waals surface area contributed by atoms with Crippen LogP contribution in [0.25, 0.3) is 0 Å². The zero-order chi connectivity index (χ0) is 12.8. The first-order valence-corrected chi connectivity index (χ1v) is 5.89. The number of benzene rings is 2. The van der Waals surface area contributed by atoms with Gasteiger partial charge in [0.05, 0.1) is 11.4 Å². The first-order chi connectivity index (χ1) is 8.81. The van der Waals surface area contributed by atoms with Gasteiger partial charge in [-0.25, -0.2) is 5.84 Å². The second kappa shape index (κ2) is 6.00. The highest BCUT2D eigenvalue weighted by molar-refractivity contribution is 7.80. The number of hydrogen-bond donors (Lipinski definition) is 3. The van der Waals surface area contributed by atoms with Crippen molar-refractivity contribution in [2.75, 3.05) is 5.01 Å². The van der Waals surface area contributed by atoms with Gasteiger partial charge < -0.3 is 0 Å². The number of para-hydroxylation sites is 2. The summed E-state index contributed by atoms with van der Waals surface area (Å²) in [5.41, 5.74) is 7.39. The van der Waals surface area contributed by atoms with E-state index < -0.39 is 0 Å². The van der Waals surface area contributed by atoms with Crippen molar-refractivity contribution in [3.05, 3.63) is 60.7 Å². The number of anilines is 2. The highest BCUT2D eigenvalue weighted by atomic mass is 32.1. The summed E-state index contributed by atoms with van der Waals surface area (Å²) in [5, 5.41) is 2.21. The van der Waals surface area contributed by atoms with E-state index in [9.17, 15) is 0 Å². The molecule has 0 saturated carbocycles. The van der Waals surface area contributed by atoms with E-state index in [4.69, 9.17) is 18.1 Å². The molecule has 0 unspecified atom stereocenters. The lowest BCUT2D eigenvalue weighted by molar-refractivity contribution is 0.879. The second-order valence-corrected chi connectivity index (χ2v) is 4.00. The highest BCUT2D eigenvalue weighted by Gasteiger charge is 2.09. The average Bonchev–Trinajstić information content (AvgIpc) is 2.46. The number of hydrogen-bond acceptors (Lipinski definition) is 3. The molecule has 0 saturated heterocycles. The quantitative estimate of drug-likeness (QED) is 0.447. The predicted molar refractivity (Wildman–Crippen MR) is 78.1 cm³/mol. The van der Waals surface area contributed by atoms with Crippen LogP contribution in [-0.2, 0) is 0 Å². The third-order valence-electron chi connectivity index (χ3n) is 2.37. The Bertz CT molecular complexity index is 461. The van der Waals surface area contributed by atoms with E-state index in [2.05, 4.69) is 10.9 Å². The molecule has 0 heterocycles. The molecule has 0 aliphatic heterocycles.